The van der Waals surface area contributed by atoms with E-state index in [4.69, 9.17) is 21.4 Å². The van der Waals surface area contributed by atoms with E-state index in [9.17, 15) is 9.59 Å². The third-order valence-corrected chi connectivity index (χ3v) is 3.05. The Bertz CT molecular complexity index is 635. The lowest BCUT2D eigenvalue weighted by atomic mass is 10.1. The van der Waals surface area contributed by atoms with Crippen LogP contribution < -0.4 is 0 Å². The minimum Gasteiger partial charge on any atom is -0.478 e. The molecule has 0 spiro atoms. The second-order valence-corrected chi connectivity index (χ2v) is 4.46. The van der Waals surface area contributed by atoms with Crippen molar-refractivity contribution in [3.63, 3.8) is 0 Å². The fourth-order valence-electron chi connectivity index (χ4n) is 1.59. The number of carbonyl (C=O) groups excluding carboxylic acids is 1. The number of carboxylic acids is 1. The maximum absolute atomic E-state index is 11.8. The van der Waals surface area contributed by atoms with Crippen molar-refractivity contribution in [3.8, 4) is 0 Å². The maximum atomic E-state index is 11.8. The summed E-state index contributed by atoms with van der Waals surface area (Å²) in [5, 5.41) is 9.30. The van der Waals surface area contributed by atoms with Gasteiger partial charge in [0.25, 0.3) is 0 Å². The van der Waals surface area contributed by atoms with Crippen molar-refractivity contribution in [3.05, 3.63) is 70.2 Å². The molecule has 4 nitrogen and oxygen atoms in total. The lowest BCUT2D eigenvalue weighted by Gasteiger charge is -2.06. The van der Waals surface area contributed by atoms with Crippen molar-refractivity contribution in [1.82, 2.24) is 0 Å². The SMILES string of the molecule is O=C(O)c1ccc(C(=O)OCc2ccccc2Cl)cc1. The smallest absolute Gasteiger partial charge is 0.338 e. The molecule has 0 bridgehead atoms. The molecular formula is C15H11ClO4. The number of carbonyl (C=O) groups is 2. The number of carboxylic acid groups (broad SMARTS) is 1. The largest absolute Gasteiger partial charge is 0.478 e. The Labute approximate surface area is 120 Å². The second kappa shape index (κ2) is 6.21. The van der Waals surface area contributed by atoms with Crippen molar-refractivity contribution >= 4 is 23.5 Å². The summed E-state index contributed by atoms with van der Waals surface area (Å²) in [5.74, 6) is -1.57. The quantitative estimate of drug-likeness (QED) is 0.877. The minimum absolute atomic E-state index is 0.0686. The zero-order valence-electron chi connectivity index (χ0n) is 10.4. The predicted molar refractivity (Wildman–Crippen MR) is 74.0 cm³/mol. The summed E-state index contributed by atoms with van der Waals surface area (Å²) in [5.41, 5.74) is 1.12. The number of hydrogen-bond acceptors (Lipinski definition) is 3. The number of esters is 1. The van der Waals surface area contributed by atoms with Crippen molar-refractivity contribution in [2.45, 2.75) is 6.61 Å². The number of halogens is 1. The molecule has 0 radical (unpaired) electrons. The molecule has 0 aliphatic rings. The van der Waals surface area contributed by atoms with Crippen LogP contribution in [-0.4, -0.2) is 17.0 Å². The third kappa shape index (κ3) is 3.36. The lowest BCUT2D eigenvalue weighted by molar-refractivity contribution is 0.0472. The third-order valence-electron chi connectivity index (χ3n) is 2.68. The molecule has 102 valence electrons. The van der Waals surface area contributed by atoms with Crippen LogP contribution in [0.2, 0.25) is 5.02 Å². The summed E-state index contributed by atoms with van der Waals surface area (Å²) in [6, 6.07) is 12.6. The molecule has 1 N–H and O–H groups in total. The van der Waals surface area contributed by atoms with Crippen LogP contribution in [0.25, 0.3) is 0 Å². The van der Waals surface area contributed by atoms with Crippen LogP contribution in [0.4, 0.5) is 0 Å². The van der Waals surface area contributed by atoms with Crippen LogP contribution in [0.15, 0.2) is 48.5 Å². The standard InChI is InChI=1S/C15H11ClO4/c16-13-4-2-1-3-12(13)9-20-15(19)11-7-5-10(6-8-11)14(17)18/h1-8H,9H2,(H,17,18). The first kappa shape index (κ1) is 14.1. The van der Waals surface area contributed by atoms with Gasteiger partial charge >= 0.3 is 11.9 Å². The molecule has 0 saturated carbocycles. The van der Waals surface area contributed by atoms with Gasteiger partial charge in [0.1, 0.15) is 6.61 Å². The van der Waals surface area contributed by atoms with Gasteiger partial charge in [-0.2, -0.15) is 0 Å². The fourth-order valence-corrected chi connectivity index (χ4v) is 1.78. The fraction of sp³-hybridized carbons (Fsp3) is 0.0667. The van der Waals surface area contributed by atoms with Crippen LogP contribution in [0, 0.1) is 0 Å². The number of benzene rings is 2. The first-order valence-corrected chi connectivity index (χ1v) is 6.19. The first-order chi connectivity index (χ1) is 9.58. The van der Waals surface area contributed by atoms with Gasteiger partial charge in [-0.15, -0.1) is 0 Å². The highest BCUT2D eigenvalue weighted by Crippen LogP contribution is 2.16. The summed E-state index contributed by atoms with van der Waals surface area (Å²) < 4.78 is 5.12. The van der Waals surface area contributed by atoms with E-state index >= 15 is 0 Å². The van der Waals surface area contributed by atoms with Crippen LogP contribution in [0.3, 0.4) is 0 Å². The Morgan fingerprint density at radius 3 is 2.20 bits per heavy atom. The van der Waals surface area contributed by atoms with Gasteiger partial charge in [-0.1, -0.05) is 29.8 Å². The van der Waals surface area contributed by atoms with E-state index in [2.05, 4.69) is 0 Å². The van der Waals surface area contributed by atoms with Crippen LogP contribution in [-0.2, 0) is 11.3 Å². The molecule has 0 fully saturated rings. The van der Waals surface area contributed by atoms with Gasteiger partial charge in [0.15, 0.2) is 0 Å². The predicted octanol–water partition coefficient (Wildman–Crippen LogP) is 3.40. The summed E-state index contributed by atoms with van der Waals surface area (Å²) >= 11 is 5.95. The van der Waals surface area contributed by atoms with Gasteiger partial charge in [0.2, 0.25) is 0 Å². The highest BCUT2D eigenvalue weighted by Gasteiger charge is 2.10. The molecule has 2 aromatic carbocycles. The van der Waals surface area contributed by atoms with Crippen molar-refractivity contribution in [1.29, 1.82) is 0 Å². The molecule has 0 aliphatic carbocycles. The van der Waals surface area contributed by atoms with E-state index < -0.39 is 11.9 Å². The topological polar surface area (TPSA) is 63.6 Å². The number of rotatable bonds is 4. The van der Waals surface area contributed by atoms with Gasteiger partial charge in [0, 0.05) is 10.6 Å². The van der Waals surface area contributed by atoms with E-state index in [0.717, 1.165) is 0 Å². The van der Waals surface area contributed by atoms with Gasteiger partial charge in [-0.3, -0.25) is 0 Å². The average molecular weight is 291 g/mol. The lowest BCUT2D eigenvalue weighted by Crippen LogP contribution is -2.06. The van der Waals surface area contributed by atoms with Gasteiger partial charge in [-0.05, 0) is 30.3 Å². The monoisotopic (exact) mass is 290 g/mol. The molecule has 0 atom stereocenters. The Morgan fingerprint density at radius 2 is 1.60 bits per heavy atom. The van der Waals surface area contributed by atoms with Gasteiger partial charge in [-0.25, -0.2) is 9.59 Å². The van der Waals surface area contributed by atoms with Crippen LogP contribution in [0.1, 0.15) is 26.3 Å². The van der Waals surface area contributed by atoms with Gasteiger partial charge in [0.05, 0.1) is 11.1 Å². The minimum atomic E-state index is -1.04. The highest BCUT2D eigenvalue weighted by molar-refractivity contribution is 6.31. The molecule has 0 amide bonds. The Morgan fingerprint density at radius 1 is 1.00 bits per heavy atom. The summed E-state index contributed by atoms with van der Waals surface area (Å²) in [4.78, 5) is 22.5. The van der Waals surface area contributed by atoms with Crippen molar-refractivity contribution in [2.75, 3.05) is 0 Å². The Hall–Kier alpha value is -2.33. The summed E-state index contributed by atoms with van der Waals surface area (Å²) in [6.07, 6.45) is 0. The highest BCUT2D eigenvalue weighted by atomic mass is 35.5. The Kier molecular flexibility index (Phi) is 4.38. The second-order valence-electron chi connectivity index (χ2n) is 4.05. The van der Waals surface area contributed by atoms with E-state index in [1.165, 1.54) is 24.3 Å². The average Bonchev–Trinajstić information content (AvgIpc) is 2.46. The molecule has 20 heavy (non-hydrogen) atoms. The number of hydrogen-bond donors (Lipinski definition) is 1. The molecule has 0 heterocycles. The molecule has 0 aliphatic heterocycles. The molecule has 0 saturated heterocycles. The van der Waals surface area contributed by atoms with E-state index in [1.807, 2.05) is 0 Å². The molecule has 0 unspecified atom stereocenters. The normalized spacial score (nSPS) is 10.1. The molecule has 2 rings (SSSR count). The molecule has 5 heteroatoms. The number of ether oxygens (including phenoxy) is 1. The van der Waals surface area contributed by atoms with Crippen molar-refractivity contribution < 1.29 is 19.4 Å². The first-order valence-electron chi connectivity index (χ1n) is 5.82. The molecule has 2 aromatic rings. The molecular weight excluding hydrogens is 280 g/mol. The van der Waals surface area contributed by atoms with E-state index in [1.54, 1.807) is 24.3 Å². The zero-order chi connectivity index (χ0) is 14.5. The number of aromatic carboxylic acids is 1. The van der Waals surface area contributed by atoms with Crippen LogP contribution >= 0.6 is 11.6 Å². The van der Waals surface area contributed by atoms with E-state index in [-0.39, 0.29) is 12.2 Å². The maximum Gasteiger partial charge on any atom is 0.338 e. The van der Waals surface area contributed by atoms with E-state index in [0.29, 0.717) is 16.1 Å². The van der Waals surface area contributed by atoms with Gasteiger partial charge < -0.3 is 9.84 Å². The zero-order valence-corrected chi connectivity index (χ0v) is 11.1. The molecule has 0 aromatic heterocycles. The summed E-state index contributed by atoms with van der Waals surface area (Å²) in [7, 11) is 0. The summed E-state index contributed by atoms with van der Waals surface area (Å²) in [6.45, 7) is 0.0686. The van der Waals surface area contributed by atoms with Crippen LogP contribution in [0.5, 0.6) is 0 Å². The van der Waals surface area contributed by atoms with Crippen molar-refractivity contribution in [2.24, 2.45) is 0 Å². The Balaban J connectivity index is 2.02.